The van der Waals surface area contributed by atoms with E-state index in [1.807, 2.05) is 45.0 Å². The fourth-order valence-electron chi connectivity index (χ4n) is 2.09. The predicted octanol–water partition coefficient (Wildman–Crippen LogP) is 3.67. The van der Waals surface area contributed by atoms with Gasteiger partial charge in [-0.15, -0.1) is 0 Å². The van der Waals surface area contributed by atoms with Crippen LogP contribution in [0.5, 0.6) is 0 Å². The molecular formula is C16H25ClN2O. The molecule has 4 heteroatoms. The third kappa shape index (κ3) is 5.93. The largest absolute Gasteiger partial charge is 0.349 e. The summed E-state index contributed by atoms with van der Waals surface area (Å²) in [6.07, 6.45) is 2.81. The molecule has 3 N–H and O–H groups in total. The van der Waals surface area contributed by atoms with Crippen molar-refractivity contribution >= 4 is 17.5 Å². The summed E-state index contributed by atoms with van der Waals surface area (Å²) in [5.74, 6) is 0.0949. The summed E-state index contributed by atoms with van der Waals surface area (Å²) in [6, 6.07) is 7.75. The van der Waals surface area contributed by atoms with E-state index in [9.17, 15) is 4.79 Å². The molecule has 0 aromatic heterocycles. The topological polar surface area (TPSA) is 55.1 Å². The van der Waals surface area contributed by atoms with E-state index in [2.05, 4.69) is 5.32 Å². The van der Waals surface area contributed by atoms with Gasteiger partial charge >= 0.3 is 0 Å². The van der Waals surface area contributed by atoms with Crippen LogP contribution in [0.3, 0.4) is 0 Å². The zero-order chi connectivity index (χ0) is 15.1. The fraction of sp³-hybridized carbons (Fsp3) is 0.562. The highest BCUT2D eigenvalue weighted by molar-refractivity contribution is 6.30. The standard InChI is InChI=1S/C16H25ClN2O/c1-11(6-4-7-12(2)18)16(20)19-13(3)14-8-5-9-15(17)10-14/h5,8-13H,4,6-7,18H2,1-3H3,(H,19,20)/t11?,12?,13-/m1/s1. The van der Waals surface area contributed by atoms with Gasteiger partial charge in [0.05, 0.1) is 6.04 Å². The molecule has 3 atom stereocenters. The third-order valence-electron chi connectivity index (χ3n) is 3.45. The Hall–Kier alpha value is -1.06. The van der Waals surface area contributed by atoms with E-state index >= 15 is 0 Å². The molecule has 1 aromatic rings. The fourth-order valence-corrected chi connectivity index (χ4v) is 2.29. The molecule has 1 aromatic carbocycles. The van der Waals surface area contributed by atoms with Gasteiger partial charge in [-0.1, -0.05) is 37.1 Å². The quantitative estimate of drug-likeness (QED) is 0.806. The molecule has 20 heavy (non-hydrogen) atoms. The number of benzene rings is 1. The number of nitrogens with two attached hydrogens (primary N) is 1. The number of nitrogens with one attached hydrogen (secondary N) is 1. The van der Waals surface area contributed by atoms with Gasteiger partial charge in [-0.25, -0.2) is 0 Å². The van der Waals surface area contributed by atoms with Crippen LogP contribution >= 0.6 is 11.6 Å². The number of amides is 1. The van der Waals surface area contributed by atoms with Gasteiger partial charge in [-0.2, -0.15) is 0 Å². The Balaban J connectivity index is 2.44. The van der Waals surface area contributed by atoms with Crippen LogP contribution in [-0.4, -0.2) is 11.9 Å². The van der Waals surface area contributed by atoms with E-state index in [0.29, 0.717) is 5.02 Å². The van der Waals surface area contributed by atoms with Crippen LogP contribution in [0.2, 0.25) is 5.02 Å². The Morgan fingerprint density at radius 1 is 1.30 bits per heavy atom. The second-order valence-corrected chi connectivity index (χ2v) is 6.03. The van der Waals surface area contributed by atoms with Crippen LogP contribution in [-0.2, 0) is 4.79 Å². The Morgan fingerprint density at radius 2 is 2.00 bits per heavy atom. The average molecular weight is 297 g/mol. The van der Waals surface area contributed by atoms with Crippen molar-refractivity contribution in [3.05, 3.63) is 34.9 Å². The summed E-state index contributed by atoms with van der Waals surface area (Å²) in [6.45, 7) is 5.92. The molecule has 0 aliphatic carbocycles. The van der Waals surface area contributed by atoms with Gasteiger partial charge in [-0.05, 0) is 44.4 Å². The molecular weight excluding hydrogens is 272 g/mol. The van der Waals surface area contributed by atoms with Gasteiger partial charge < -0.3 is 11.1 Å². The molecule has 0 saturated carbocycles. The molecule has 0 saturated heterocycles. The first-order valence-electron chi connectivity index (χ1n) is 7.21. The minimum Gasteiger partial charge on any atom is -0.349 e. The van der Waals surface area contributed by atoms with Gasteiger partial charge in [0.1, 0.15) is 0 Å². The van der Waals surface area contributed by atoms with E-state index in [4.69, 9.17) is 17.3 Å². The lowest BCUT2D eigenvalue weighted by Crippen LogP contribution is -2.31. The molecule has 1 rings (SSSR count). The number of carbonyl (C=O) groups is 1. The van der Waals surface area contributed by atoms with Crippen molar-refractivity contribution in [3.8, 4) is 0 Å². The number of halogens is 1. The first-order valence-corrected chi connectivity index (χ1v) is 7.59. The van der Waals surface area contributed by atoms with Gasteiger partial charge in [0, 0.05) is 17.0 Å². The number of rotatable bonds is 7. The summed E-state index contributed by atoms with van der Waals surface area (Å²) >= 11 is 5.96. The highest BCUT2D eigenvalue weighted by Crippen LogP contribution is 2.18. The molecule has 112 valence electrons. The van der Waals surface area contributed by atoms with Crippen molar-refractivity contribution in [1.29, 1.82) is 0 Å². The molecule has 0 aliphatic rings. The second-order valence-electron chi connectivity index (χ2n) is 5.59. The number of carbonyl (C=O) groups excluding carboxylic acids is 1. The van der Waals surface area contributed by atoms with Gasteiger partial charge in [0.25, 0.3) is 0 Å². The summed E-state index contributed by atoms with van der Waals surface area (Å²) < 4.78 is 0. The van der Waals surface area contributed by atoms with Crippen LogP contribution < -0.4 is 11.1 Å². The summed E-state index contributed by atoms with van der Waals surface area (Å²) in [4.78, 5) is 12.1. The van der Waals surface area contributed by atoms with E-state index < -0.39 is 0 Å². The molecule has 0 radical (unpaired) electrons. The van der Waals surface area contributed by atoms with E-state index in [1.165, 1.54) is 0 Å². The Kier molecular flexibility index (Phi) is 7.03. The van der Waals surface area contributed by atoms with Crippen molar-refractivity contribution in [2.45, 2.75) is 52.1 Å². The van der Waals surface area contributed by atoms with Crippen molar-refractivity contribution in [1.82, 2.24) is 5.32 Å². The van der Waals surface area contributed by atoms with Crippen LogP contribution in [0.25, 0.3) is 0 Å². The summed E-state index contributed by atoms with van der Waals surface area (Å²) in [7, 11) is 0. The molecule has 1 amide bonds. The maximum Gasteiger partial charge on any atom is 0.223 e. The molecule has 0 bridgehead atoms. The Morgan fingerprint density at radius 3 is 2.60 bits per heavy atom. The van der Waals surface area contributed by atoms with Crippen LogP contribution in [0.15, 0.2) is 24.3 Å². The normalized spacial score (nSPS) is 15.4. The molecule has 0 spiro atoms. The molecule has 0 aliphatic heterocycles. The van der Waals surface area contributed by atoms with Crippen molar-refractivity contribution in [3.63, 3.8) is 0 Å². The van der Waals surface area contributed by atoms with Crippen molar-refractivity contribution < 1.29 is 4.79 Å². The number of hydrogen-bond acceptors (Lipinski definition) is 2. The number of hydrogen-bond donors (Lipinski definition) is 2. The highest BCUT2D eigenvalue weighted by Gasteiger charge is 2.16. The smallest absolute Gasteiger partial charge is 0.223 e. The van der Waals surface area contributed by atoms with E-state index in [0.717, 1.165) is 24.8 Å². The average Bonchev–Trinajstić information content (AvgIpc) is 2.38. The lowest BCUT2D eigenvalue weighted by molar-refractivity contribution is -0.125. The Bertz CT molecular complexity index is 434. The summed E-state index contributed by atoms with van der Waals surface area (Å²) in [5.41, 5.74) is 6.73. The van der Waals surface area contributed by atoms with Crippen LogP contribution in [0, 0.1) is 5.92 Å². The minimum absolute atomic E-state index is 0.00961. The van der Waals surface area contributed by atoms with Crippen molar-refractivity contribution in [2.24, 2.45) is 11.7 Å². The maximum absolute atomic E-state index is 12.1. The zero-order valence-electron chi connectivity index (χ0n) is 12.5. The van der Waals surface area contributed by atoms with Gasteiger partial charge in [0.15, 0.2) is 0 Å². The minimum atomic E-state index is -0.0305. The first kappa shape index (κ1) is 17.0. The van der Waals surface area contributed by atoms with E-state index in [-0.39, 0.29) is 23.9 Å². The van der Waals surface area contributed by atoms with Gasteiger partial charge in [-0.3, -0.25) is 4.79 Å². The zero-order valence-corrected chi connectivity index (χ0v) is 13.3. The van der Waals surface area contributed by atoms with E-state index in [1.54, 1.807) is 0 Å². The van der Waals surface area contributed by atoms with Crippen LogP contribution in [0.1, 0.15) is 51.6 Å². The molecule has 3 nitrogen and oxygen atoms in total. The lowest BCUT2D eigenvalue weighted by atomic mass is 10.0. The Labute approximate surface area is 126 Å². The molecule has 0 fully saturated rings. The monoisotopic (exact) mass is 296 g/mol. The lowest BCUT2D eigenvalue weighted by Gasteiger charge is -2.18. The molecule has 2 unspecified atom stereocenters. The predicted molar refractivity (Wildman–Crippen MR) is 84.7 cm³/mol. The third-order valence-corrected chi connectivity index (χ3v) is 3.69. The first-order chi connectivity index (χ1) is 9.40. The maximum atomic E-state index is 12.1. The van der Waals surface area contributed by atoms with Crippen molar-refractivity contribution in [2.75, 3.05) is 0 Å². The SMILES string of the molecule is CC(N)CCCC(C)C(=O)N[C@H](C)c1cccc(Cl)c1. The summed E-state index contributed by atoms with van der Waals surface area (Å²) in [5, 5.41) is 3.72. The van der Waals surface area contributed by atoms with Crippen LogP contribution in [0.4, 0.5) is 0 Å². The second kappa shape index (κ2) is 8.28. The molecule has 0 heterocycles. The highest BCUT2D eigenvalue weighted by atomic mass is 35.5. The van der Waals surface area contributed by atoms with Gasteiger partial charge in [0.2, 0.25) is 5.91 Å².